The number of rotatable bonds is 11. The van der Waals surface area contributed by atoms with Gasteiger partial charge in [0.2, 0.25) is 5.75 Å². The van der Waals surface area contributed by atoms with E-state index in [-0.39, 0.29) is 24.5 Å². The lowest BCUT2D eigenvalue weighted by Crippen LogP contribution is -2.35. The number of aromatic hydroxyl groups is 1. The monoisotopic (exact) mass is 509 g/mol. The number of ketones is 1. The molecule has 192 valence electrons. The van der Waals surface area contributed by atoms with E-state index in [1.807, 2.05) is 0 Å². The van der Waals surface area contributed by atoms with Crippen molar-refractivity contribution < 1.29 is 42.6 Å². The molecular formula is C24H32NO9P. The van der Waals surface area contributed by atoms with Crippen LogP contribution in [0.25, 0.3) is 0 Å². The maximum Gasteiger partial charge on any atom is 0.350 e. The van der Waals surface area contributed by atoms with Gasteiger partial charge in [-0.25, -0.2) is 0 Å². The predicted molar refractivity (Wildman–Crippen MR) is 128 cm³/mol. The fourth-order valence-electron chi connectivity index (χ4n) is 4.30. The van der Waals surface area contributed by atoms with E-state index >= 15 is 0 Å². The molecule has 2 aromatic rings. The van der Waals surface area contributed by atoms with E-state index in [0.29, 0.717) is 22.8 Å². The lowest BCUT2D eigenvalue weighted by atomic mass is 9.88. The van der Waals surface area contributed by atoms with Gasteiger partial charge in [0.1, 0.15) is 17.6 Å². The van der Waals surface area contributed by atoms with Crippen molar-refractivity contribution in [3.05, 3.63) is 47.5 Å². The van der Waals surface area contributed by atoms with Gasteiger partial charge in [0, 0.05) is 7.05 Å². The van der Waals surface area contributed by atoms with Crippen LogP contribution in [0.1, 0.15) is 35.9 Å². The minimum absolute atomic E-state index is 0.0680. The number of nitrogens with zero attached hydrogens (tertiary/aromatic N) is 1. The van der Waals surface area contributed by atoms with Gasteiger partial charge in [0.05, 0.1) is 46.0 Å². The number of methoxy groups -OCH3 is 3. The summed E-state index contributed by atoms with van der Waals surface area (Å²) in [5.41, 5.74) is 0.584. The van der Waals surface area contributed by atoms with Crippen LogP contribution in [0.2, 0.25) is 0 Å². The number of Topliss-reactive ketones (excluding diaryl/α,β-unsaturated/α-hetero) is 1. The lowest BCUT2D eigenvalue weighted by Gasteiger charge is -2.29. The van der Waals surface area contributed by atoms with Gasteiger partial charge < -0.3 is 28.4 Å². The zero-order valence-corrected chi connectivity index (χ0v) is 21.6. The van der Waals surface area contributed by atoms with E-state index in [0.717, 1.165) is 0 Å². The highest BCUT2D eigenvalue weighted by atomic mass is 31.2. The first kappa shape index (κ1) is 27.0. The first-order valence-corrected chi connectivity index (χ1v) is 12.8. The van der Waals surface area contributed by atoms with Crippen LogP contribution in [0.15, 0.2) is 36.4 Å². The quantitative estimate of drug-likeness (QED) is 0.345. The topological polar surface area (TPSA) is 113 Å². The Bertz CT molecular complexity index is 1060. The molecule has 3 atom stereocenters. The van der Waals surface area contributed by atoms with Gasteiger partial charge in [-0.05, 0) is 43.7 Å². The number of carbonyl (C=O) groups is 1. The third-order valence-electron chi connectivity index (χ3n) is 5.73. The van der Waals surface area contributed by atoms with Crippen LogP contribution in [0.5, 0.6) is 23.0 Å². The van der Waals surface area contributed by atoms with Crippen LogP contribution < -0.4 is 14.2 Å². The van der Waals surface area contributed by atoms with Gasteiger partial charge in [0.15, 0.2) is 17.3 Å². The summed E-state index contributed by atoms with van der Waals surface area (Å²) in [5.74, 6) is -1.72. The molecule has 0 amide bonds. The zero-order chi connectivity index (χ0) is 25.8. The highest BCUT2D eigenvalue weighted by molar-refractivity contribution is 7.54. The van der Waals surface area contributed by atoms with Crippen LogP contribution in [-0.2, 0) is 18.5 Å². The Balaban J connectivity index is 2.22. The Morgan fingerprint density at radius 2 is 1.60 bits per heavy atom. The van der Waals surface area contributed by atoms with E-state index in [1.165, 1.54) is 38.5 Å². The standard InChI is InChI=1S/C24H32NO9P/c1-7-32-35(28,33-8-2)24-20(21(27)16-11-9-10-12-17(16)26)22(34-25(24)3)15-13-18(29-4)23(31-6)19(14-15)30-5/h9-14,20,22,24,26H,7-8H2,1-6H3/t20-,22-,24+/m0/s1. The maximum atomic E-state index is 13.9. The fourth-order valence-corrected chi connectivity index (χ4v) is 6.54. The van der Waals surface area contributed by atoms with Crippen molar-refractivity contribution in [3.8, 4) is 23.0 Å². The van der Waals surface area contributed by atoms with Crippen LogP contribution in [0.4, 0.5) is 0 Å². The molecule has 0 bridgehead atoms. The molecule has 35 heavy (non-hydrogen) atoms. The normalized spacial score (nSPS) is 20.6. The van der Waals surface area contributed by atoms with E-state index in [4.69, 9.17) is 28.1 Å². The molecule has 0 aliphatic carbocycles. The number of ether oxygens (including phenoxy) is 3. The molecule has 10 nitrogen and oxygen atoms in total. The Morgan fingerprint density at radius 1 is 1.03 bits per heavy atom. The molecule has 0 radical (unpaired) electrons. The zero-order valence-electron chi connectivity index (χ0n) is 20.7. The number of hydrogen-bond acceptors (Lipinski definition) is 10. The van der Waals surface area contributed by atoms with Gasteiger partial charge >= 0.3 is 7.60 Å². The van der Waals surface area contributed by atoms with Crippen LogP contribution in [0.3, 0.4) is 0 Å². The molecule has 1 aliphatic heterocycles. The number of hydrogen-bond donors (Lipinski definition) is 1. The summed E-state index contributed by atoms with van der Waals surface area (Å²) in [6.45, 7) is 3.60. The van der Waals surface area contributed by atoms with Crippen molar-refractivity contribution in [1.29, 1.82) is 0 Å². The van der Waals surface area contributed by atoms with E-state index in [2.05, 4.69) is 0 Å². The molecule has 0 spiro atoms. The molecule has 1 heterocycles. The van der Waals surface area contributed by atoms with Gasteiger partial charge in [-0.2, -0.15) is 5.06 Å². The van der Waals surface area contributed by atoms with Crippen molar-refractivity contribution >= 4 is 13.4 Å². The van der Waals surface area contributed by atoms with Crippen molar-refractivity contribution in [3.63, 3.8) is 0 Å². The second kappa shape index (κ2) is 11.4. The molecule has 1 fully saturated rings. The van der Waals surface area contributed by atoms with Gasteiger partial charge in [-0.15, -0.1) is 0 Å². The predicted octanol–water partition coefficient (Wildman–Crippen LogP) is 4.43. The molecule has 0 aromatic heterocycles. The molecule has 3 rings (SSSR count). The number of phenols is 1. The summed E-state index contributed by atoms with van der Waals surface area (Å²) in [5, 5.41) is 11.8. The fraction of sp³-hybridized carbons (Fsp3) is 0.458. The molecule has 0 unspecified atom stereocenters. The second-order valence-electron chi connectivity index (χ2n) is 7.73. The first-order valence-electron chi connectivity index (χ1n) is 11.2. The Kier molecular flexibility index (Phi) is 8.79. The smallest absolute Gasteiger partial charge is 0.350 e. The number of para-hydroxylation sites is 1. The molecule has 11 heteroatoms. The SMILES string of the molecule is CCOP(=O)(OCC)[C@@H]1[C@@H](C(=O)c2ccccc2O)[C@H](c2cc(OC)c(OC)c(OC)c2)ON1C. The third-order valence-corrected chi connectivity index (χ3v) is 8.26. The van der Waals surface area contributed by atoms with Crippen molar-refractivity contribution in [1.82, 2.24) is 5.06 Å². The Hall–Kier alpha value is -2.62. The van der Waals surface area contributed by atoms with Gasteiger partial charge in [0.25, 0.3) is 0 Å². The Morgan fingerprint density at radius 3 is 2.09 bits per heavy atom. The minimum Gasteiger partial charge on any atom is -0.507 e. The third kappa shape index (κ3) is 5.17. The first-order chi connectivity index (χ1) is 16.8. The summed E-state index contributed by atoms with van der Waals surface area (Å²) in [6, 6.07) is 9.51. The highest BCUT2D eigenvalue weighted by Gasteiger charge is 2.57. The summed E-state index contributed by atoms with van der Waals surface area (Å²) in [7, 11) is 2.15. The molecule has 2 aromatic carbocycles. The summed E-state index contributed by atoms with van der Waals surface area (Å²) in [4.78, 5) is 20.0. The lowest BCUT2D eigenvalue weighted by molar-refractivity contribution is -0.137. The summed E-state index contributed by atoms with van der Waals surface area (Å²) < 4.78 is 41.5. The number of benzene rings is 2. The average Bonchev–Trinajstić information content (AvgIpc) is 3.21. The largest absolute Gasteiger partial charge is 0.507 e. The van der Waals surface area contributed by atoms with Crippen LogP contribution in [-0.4, -0.2) is 63.3 Å². The number of hydroxylamine groups is 2. The van der Waals surface area contributed by atoms with Crippen molar-refractivity contribution in [2.75, 3.05) is 41.6 Å². The molecule has 1 aliphatic rings. The van der Waals surface area contributed by atoms with E-state index in [9.17, 15) is 14.5 Å². The van der Waals surface area contributed by atoms with E-state index < -0.39 is 31.2 Å². The molecule has 1 saturated heterocycles. The van der Waals surface area contributed by atoms with Crippen LogP contribution in [0, 0.1) is 5.92 Å². The highest BCUT2D eigenvalue weighted by Crippen LogP contribution is 2.62. The minimum atomic E-state index is -3.87. The number of carbonyl (C=O) groups excluding carboxylic acids is 1. The summed E-state index contributed by atoms with van der Waals surface area (Å²) in [6.07, 6.45) is -0.931. The van der Waals surface area contributed by atoms with Gasteiger partial charge in [-0.1, -0.05) is 12.1 Å². The second-order valence-corrected chi connectivity index (χ2v) is 9.85. The molecule has 1 N–H and O–H groups in total. The Labute approximate surface area is 205 Å². The van der Waals surface area contributed by atoms with Crippen molar-refractivity contribution in [2.45, 2.75) is 25.7 Å². The van der Waals surface area contributed by atoms with E-state index in [1.54, 1.807) is 45.2 Å². The van der Waals surface area contributed by atoms with Crippen molar-refractivity contribution in [2.24, 2.45) is 5.92 Å². The van der Waals surface area contributed by atoms with Gasteiger partial charge in [-0.3, -0.25) is 14.2 Å². The molecular weight excluding hydrogens is 477 g/mol. The maximum absolute atomic E-state index is 13.9. The molecule has 0 saturated carbocycles. The average molecular weight is 509 g/mol. The van der Waals surface area contributed by atoms with Crippen LogP contribution >= 0.6 is 7.60 Å². The number of phenolic OH excluding ortho intramolecular Hbond substituents is 1. The summed E-state index contributed by atoms with van der Waals surface area (Å²) >= 11 is 0.